The predicted molar refractivity (Wildman–Crippen MR) is 78.7 cm³/mol. The molecule has 0 saturated heterocycles. The topological polar surface area (TPSA) is 26.0 Å². The molecule has 1 aromatic carbocycles. The summed E-state index contributed by atoms with van der Waals surface area (Å²) in [6.07, 6.45) is 1.08. The molecule has 1 unspecified atom stereocenters. The highest BCUT2D eigenvalue weighted by Crippen LogP contribution is 2.32. The Morgan fingerprint density at radius 1 is 1.18 bits per heavy atom. The minimum absolute atomic E-state index is 0.317. The van der Waals surface area contributed by atoms with E-state index in [1.165, 1.54) is 16.0 Å². The molecule has 0 amide bonds. The average molecular weight is 310 g/mol. The smallest absolute Gasteiger partial charge is 0.0701 e. The molecule has 0 radical (unpaired) electrons. The van der Waals surface area contributed by atoms with Crippen LogP contribution in [0.3, 0.4) is 0 Å². The lowest BCUT2D eigenvalue weighted by Crippen LogP contribution is -2.12. The van der Waals surface area contributed by atoms with E-state index in [1.54, 1.807) is 11.3 Å². The molecular formula is C14H16BrNS. The Morgan fingerprint density at radius 2 is 1.88 bits per heavy atom. The Labute approximate surface area is 115 Å². The molecule has 0 saturated carbocycles. The molecule has 0 aliphatic rings. The van der Waals surface area contributed by atoms with Crippen molar-refractivity contribution in [2.75, 3.05) is 6.54 Å². The lowest BCUT2D eigenvalue weighted by Gasteiger charge is -2.13. The van der Waals surface area contributed by atoms with Gasteiger partial charge in [0.25, 0.3) is 0 Å². The third kappa shape index (κ3) is 2.97. The highest BCUT2D eigenvalue weighted by Gasteiger charge is 2.14. The van der Waals surface area contributed by atoms with Gasteiger partial charge in [0.15, 0.2) is 0 Å². The van der Waals surface area contributed by atoms with Crippen molar-refractivity contribution in [1.82, 2.24) is 0 Å². The van der Waals surface area contributed by atoms with Crippen LogP contribution in [0, 0.1) is 0 Å². The number of hydrogen-bond acceptors (Lipinski definition) is 2. The first kappa shape index (κ1) is 12.8. The van der Waals surface area contributed by atoms with Crippen molar-refractivity contribution >= 4 is 27.3 Å². The lowest BCUT2D eigenvalue weighted by molar-refractivity contribution is 0.834. The van der Waals surface area contributed by atoms with Gasteiger partial charge >= 0.3 is 0 Å². The van der Waals surface area contributed by atoms with Crippen LogP contribution >= 0.6 is 27.3 Å². The first-order valence-corrected chi connectivity index (χ1v) is 7.39. The van der Waals surface area contributed by atoms with Gasteiger partial charge in [-0.3, -0.25) is 0 Å². The van der Waals surface area contributed by atoms with Crippen molar-refractivity contribution < 1.29 is 0 Å². The summed E-state index contributed by atoms with van der Waals surface area (Å²) in [6, 6.07) is 13.0. The Morgan fingerprint density at radius 3 is 2.35 bits per heavy atom. The molecule has 1 heterocycles. The number of hydrogen-bond donors (Lipinski definition) is 1. The zero-order valence-corrected chi connectivity index (χ0v) is 12.2. The van der Waals surface area contributed by atoms with E-state index in [1.807, 2.05) is 0 Å². The monoisotopic (exact) mass is 309 g/mol. The van der Waals surface area contributed by atoms with E-state index >= 15 is 0 Å². The predicted octanol–water partition coefficient (Wildman–Crippen LogP) is 4.16. The summed E-state index contributed by atoms with van der Waals surface area (Å²) in [6.45, 7) is 2.82. The number of benzene rings is 1. The van der Waals surface area contributed by atoms with Crippen molar-refractivity contribution in [3.8, 4) is 0 Å². The van der Waals surface area contributed by atoms with Crippen molar-refractivity contribution in [3.63, 3.8) is 0 Å². The SMILES string of the molecule is CCc1ccc(C(CN)c2ccc(Br)s2)cc1. The molecule has 3 heteroatoms. The fraction of sp³-hybridized carbons (Fsp3) is 0.286. The van der Waals surface area contributed by atoms with Gasteiger partial charge in [-0.05, 0) is 45.6 Å². The van der Waals surface area contributed by atoms with Gasteiger partial charge in [0.1, 0.15) is 0 Å². The number of thiophene rings is 1. The third-order valence-electron chi connectivity index (χ3n) is 2.96. The lowest BCUT2D eigenvalue weighted by atomic mass is 9.96. The van der Waals surface area contributed by atoms with Gasteiger partial charge in [0, 0.05) is 17.3 Å². The molecule has 17 heavy (non-hydrogen) atoms. The Bertz CT molecular complexity index is 475. The molecule has 2 rings (SSSR count). The minimum atomic E-state index is 0.317. The second kappa shape index (κ2) is 5.80. The van der Waals surface area contributed by atoms with E-state index in [0.29, 0.717) is 12.5 Å². The van der Waals surface area contributed by atoms with Crippen LogP contribution in [0.15, 0.2) is 40.2 Å². The van der Waals surface area contributed by atoms with Gasteiger partial charge in [-0.1, -0.05) is 31.2 Å². The zero-order valence-electron chi connectivity index (χ0n) is 9.82. The third-order valence-corrected chi connectivity index (χ3v) is 4.70. The Hall–Kier alpha value is -0.640. The molecule has 1 aromatic heterocycles. The minimum Gasteiger partial charge on any atom is -0.329 e. The molecule has 1 nitrogen and oxygen atoms in total. The molecule has 0 aliphatic carbocycles. The summed E-state index contributed by atoms with van der Waals surface area (Å²) >= 11 is 5.26. The standard InChI is InChI=1S/C14H16BrNS/c1-2-10-3-5-11(6-4-10)12(9-16)13-7-8-14(15)17-13/h3-8,12H,2,9,16H2,1H3. The number of halogens is 1. The van der Waals surface area contributed by atoms with Crippen LogP contribution in [-0.4, -0.2) is 6.54 Å². The van der Waals surface area contributed by atoms with Crippen LogP contribution in [0.4, 0.5) is 0 Å². The summed E-state index contributed by atoms with van der Waals surface area (Å²) in [5, 5.41) is 0. The molecule has 0 bridgehead atoms. The number of aryl methyl sites for hydroxylation is 1. The highest BCUT2D eigenvalue weighted by atomic mass is 79.9. The van der Waals surface area contributed by atoms with Crippen LogP contribution in [0.5, 0.6) is 0 Å². The van der Waals surface area contributed by atoms with Gasteiger partial charge < -0.3 is 5.73 Å². The quantitative estimate of drug-likeness (QED) is 0.901. The molecule has 0 aliphatic heterocycles. The van der Waals surface area contributed by atoms with Crippen molar-refractivity contribution in [2.45, 2.75) is 19.3 Å². The summed E-state index contributed by atoms with van der Waals surface area (Å²) < 4.78 is 1.16. The summed E-state index contributed by atoms with van der Waals surface area (Å²) in [4.78, 5) is 1.32. The van der Waals surface area contributed by atoms with Gasteiger partial charge in [0.05, 0.1) is 3.79 Å². The molecule has 1 atom stereocenters. The zero-order chi connectivity index (χ0) is 12.3. The highest BCUT2D eigenvalue weighted by molar-refractivity contribution is 9.11. The maximum Gasteiger partial charge on any atom is 0.0701 e. The summed E-state index contributed by atoms with van der Waals surface area (Å²) in [7, 11) is 0. The van der Waals surface area contributed by atoms with E-state index in [9.17, 15) is 0 Å². The van der Waals surface area contributed by atoms with E-state index in [-0.39, 0.29) is 0 Å². The molecule has 0 fully saturated rings. The second-order valence-electron chi connectivity index (χ2n) is 4.03. The van der Waals surface area contributed by atoms with Crippen LogP contribution in [0.2, 0.25) is 0 Å². The summed E-state index contributed by atoms with van der Waals surface area (Å²) in [5.74, 6) is 0.317. The summed E-state index contributed by atoms with van der Waals surface area (Å²) in [5.41, 5.74) is 8.58. The van der Waals surface area contributed by atoms with Gasteiger partial charge in [-0.2, -0.15) is 0 Å². The molecular weight excluding hydrogens is 294 g/mol. The second-order valence-corrected chi connectivity index (χ2v) is 6.52. The Balaban J connectivity index is 2.28. The maximum atomic E-state index is 5.91. The average Bonchev–Trinajstić information content (AvgIpc) is 2.78. The van der Waals surface area contributed by atoms with Crippen LogP contribution < -0.4 is 5.73 Å². The van der Waals surface area contributed by atoms with Crippen molar-refractivity contribution in [1.29, 1.82) is 0 Å². The first-order chi connectivity index (χ1) is 8.24. The van der Waals surface area contributed by atoms with Gasteiger partial charge in [-0.25, -0.2) is 0 Å². The van der Waals surface area contributed by atoms with Crippen LogP contribution in [0.25, 0.3) is 0 Å². The van der Waals surface area contributed by atoms with Crippen molar-refractivity contribution in [2.24, 2.45) is 5.73 Å². The van der Waals surface area contributed by atoms with E-state index in [4.69, 9.17) is 5.73 Å². The molecule has 0 spiro atoms. The first-order valence-electron chi connectivity index (χ1n) is 5.78. The Kier molecular flexibility index (Phi) is 4.37. The largest absolute Gasteiger partial charge is 0.329 e. The molecule has 90 valence electrons. The fourth-order valence-electron chi connectivity index (χ4n) is 1.92. The molecule has 2 aromatic rings. The maximum absolute atomic E-state index is 5.91. The normalized spacial score (nSPS) is 12.6. The van der Waals surface area contributed by atoms with Crippen molar-refractivity contribution in [3.05, 3.63) is 56.2 Å². The number of nitrogens with two attached hydrogens (primary N) is 1. The van der Waals surface area contributed by atoms with Gasteiger partial charge in [-0.15, -0.1) is 11.3 Å². The van der Waals surface area contributed by atoms with E-state index in [0.717, 1.165) is 10.2 Å². The number of rotatable bonds is 4. The van der Waals surface area contributed by atoms with E-state index < -0.39 is 0 Å². The fourth-order valence-corrected chi connectivity index (χ4v) is 3.48. The van der Waals surface area contributed by atoms with Crippen LogP contribution in [0.1, 0.15) is 28.8 Å². The van der Waals surface area contributed by atoms with Gasteiger partial charge in [0.2, 0.25) is 0 Å². The van der Waals surface area contributed by atoms with E-state index in [2.05, 4.69) is 59.3 Å². The molecule has 2 N–H and O–H groups in total. The van der Waals surface area contributed by atoms with Crippen LogP contribution in [-0.2, 0) is 6.42 Å².